The molecule has 0 radical (unpaired) electrons. The molecule has 2 aromatic heterocycles. The molecule has 1 aliphatic rings. The number of pyridine rings is 1. The first kappa shape index (κ1) is 20.7. The summed E-state index contributed by atoms with van der Waals surface area (Å²) in [5.74, 6) is 2.56. The van der Waals surface area contributed by atoms with E-state index in [1.54, 1.807) is 0 Å². The van der Waals surface area contributed by atoms with Gasteiger partial charge in [0.1, 0.15) is 0 Å². The van der Waals surface area contributed by atoms with E-state index in [9.17, 15) is 0 Å². The van der Waals surface area contributed by atoms with Crippen LogP contribution in [0.25, 0.3) is 44.3 Å². The molecule has 1 aliphatic heterocycles. The van der Waals surface area contributed by atoms with Crippen LogP contribution >= 0.6 is 0 Å². The summed E-state index contributed by atoms with van der Waals surface area (Å²) in [6, 6.07) is 35.7. The van der Waals surface area contributed by atoms with Gasteiger partial charge in [-0.15, -0.1) is 0 Å². The molecule has 0 saturated heterocycles. The van der Waals surface area contributed by atoms with Crippen molar-refractivity contribution in [2.45, 2.75) is 12.7 Å². The fourth-order valence-corrected chi connectivity index (χ4v) is 15.5. The quantitative estimate of drug-likeness (QED) is 0.222. The molecule has 0 aliphatic carbocycles. The van der Waals surface area contributed by atoms with E-state index in [4.69, 9.17) is 4.42 Å². The zero-order valence-corrected chi connectivity index (χ0v) is 22.3. The van der Waals surface area contributed by atoms with Crippen LogP contribution in [0.4, 0.5) is 0 Å². The molecule has 168 valence electrons. The van der Waals surface area contributed by atoms with Gasteiger partial charge in [-0.1, -0.05) is 0 Å². The molecular weight excluding hydrogens is 487 g/mol. The van der Waals surface area contributed by atoms with Crippen molar-refractivity contribution in [1.29, 1.82) is 0 Å². The van der Waals surface area contributed by atoms with Gasteiger partial charge in [-0.2, -0.15) is 0 Å². The van der Waals surface area contributed by atoms with Gasteiger partial charge in [-0.3, -0.25) is 0 Å². The van der Waals surface area contributed by atoms with Crippen molar-refractivity contribution in [3.8, 4) is 22.4 Å². The Kier molecular flexibility index (Phi) is 4.40. The Bertz CT molecular complexity index is 1750. The van der Waals surface area contributed by atoms with Gasteiger partial charge in [0.25, 0.3) is 0 Å². The molecule has 35 heavy (non-hydrogen) atoms. The van der Waals surface area contributed by atoms with E-state index in [2.05, 4.69) is 128 Å². The van der Waals surface area contributed by atoms with Crippen LogP contribution in [0.3, 0.4) is 0 Å². The number of furan rings is 1. The molecule has 6 aromatic rings. The predicted molar refractivity (Wildman–Crippen MR) is 147 cm³/mol. The predicted octanol–water partition coefficient (Wildman–Crippen LogP) is 5.47. The fraction of sp³-hybridized carbons (Fsp3) is 0.0938. The topological polar surface area (TPSA) is 17.0 Å². The number of aromatic nitrogens is 1. The van der Waals surface area contributed by atoms with Gasteiger partial charge in [0.15, 0.2) is 0 Å². The minimum atomic E-state index is -2.92. The van der Waals surface area contributed by atoms with Gasteiger partial charge < -0.3 is 0 Å². The summed E-state index contributed by atoms with van der Waals surface area (Å²) in [5, 5.41) is 2.50. The van der Waals surface area contributed by atoms with Crippen LogP contribution in [0.5, 0.6) is 0 Å². The van der Waals surface area contributed by atoms with Gasteiger partial charge in [-0.25, -0.2) is 0 Å². The Morgan fingerprint density at radius 1 is 0.686 bits per heavy atom. The van der Waals surface area contributed by atoms with Crippen LogP contribution < -0.4 is 17.8 Å². The molecule has 0 amide bonds. The molecule has 2 nitrogen and oxygen atoms in total. The first-order chi connectivity index (χ1) is 17.1. The number of hydrogen-bond acceptors (Lipinski definition) is 1. The SMILES string of the molecule is Cc1ccc2c(oc3ccc[c]([Ge]4([CH3])[c]5ccccc5-c5cccc[c]54)c32)c1-c1cccc[n+]1C. The average molecular weight is 513 g/mol. The average Bonchev–Trinajstić information content (AvgIpc) is 3.39. The van der Waals surface area contributed by atoms with Gasteiger partial charge in [-0.05, 0) is 0 Å². The van der Waals surface area contributed by atoms with Crippen LogP contribution in [-0.2, 0) is 7.05 Å². The van der Waals surface area contributed by atoms with E-state index >= 15 is 0 Å². The standard InChI is InChI=1S/C32H26GeNO/c1-21-18-19-24-31-27(33(2)25-13-6-4-11-22(25)23-12-5-7-14-26(23)33)15-10-17-29(31)35-32(24)30(21)28-16-8-9-20-34(28)3/h4-20H,1-3H3/q+1. The molecule has 0 fully saturated rings. The molecule has 0 spiro atoms. The van der Waals surface area contributed by atoms with Gasteiger partial charge in [0.05, 0.1) is 0 Å². The second-order valence-corrected chi connectivity index (χ2v) is 17.9. The van der Waals surface area contributed by atoms with E-state index in [-0.39, 0.29) is 0 Å². The van der Waals surface area contributed by atoms with Crippen molar-refractivity contribution in [2.75, 3.05) is 0 Å². The van der Waals surface area contributed by atoms with Crippen LogP contribution in [-0.4, -0.2) is 13.3 Å². The fourth-order valence-electron chi connectivity index (χ4n) is 6.25. The van der Waals surface area contributed by atoms with Crippen molar-refractivity contribution in [3.63, 3.8) is 0 Å². The summed E-state index contributed by atoms with van der Waals surface area (Å²) in [5.41, 5.74) is 8.35. The maximum absolute atomic E-state index is 6.71. The first-order valence-corrected chi connectivity index (χ1v) is 17.4. The molecule has 0 atom stereocenters. The van der Waals surface area contributed by atoms with E-state index in [0.717, 1.165) is 11.2 Å². The molecule has 3 heterocycles. The summed E-state index contributed by atoms with van der Waals surface area (Å²) in [4.78, 5) is 0. The Balaban J connectivity index is 1.60. The second-order valence-electron chi connectivity index (χ2n) is 9.83. The summed E-state index contributed by atoms with van der Waals surface area (Å²) >= 11 is -2.92. The number of rotatable bonds is 2. The van der Waals surface area contributed by atoms with Crippen molar-refractivity contribution in [1.82, 2.24) is 0 Å². The monoisotopic (exact) mass is 514 g/mol. The van der Waals surface area contributed by atoms with Gasteiger partial charge in [0.2, 0.25) is 0 Å². The molecule has 0 N–H and O–H groups in total. The molecule has 7 rings (SSSR count). The number of hydrogen-bond donors (Lipinski definition) is 0. The van der Waals surface area contributed by atoms with E-state index in [1.165, 1.54) is 51.9 Å². The Morgan fingerprint density at radius 2 is 1.34 bits per heavy atom. The van der Waals surface area contributed by atoms with Crippen LogP contribution in [0.15, 0.2) is 108 Å². The van der Waals surface area contributed by atoms with E-state index in [0.29, 0.717) is 0 Å². The third-order valence-electron chi connectivity index (χ3n) is 7.94. The number of fused-ring (bicyclic) bond motifs is 6. The number of nitrogens with zero attached hydrogens (tertiary/aromatic N) is 1. The van der Waals surface area contributed by atoms with Crippen molar-refractivity contribution in [2.24, 2.45) is 7.05 Å². The Labute approximate surface area is 207 Å². The zero-order valence-electron chi connectivity index (χ0n) is 20.2. The summed E-state index contributed by atoms with van der Waals surface area (Å²) < 4.78 is 13.4. The summed E-state index contributed by atoms with van der Waals surface area (Å²) in [6.07, 6.45) is 2.10. The van der Waals surface area contributed by atoms with Crippen molar-refractivity contribution < 1.29 is 8.98 Å². The minimum absolute atomic E-state index is 0.983. The molecular formula is C32H26GeNO+. The van der Waals surface area contributed by atoms with Gasteiger partial charge >= 0.3 is 208 Å². The van der Waals surface area contributed by atoms with Crippen molar-refractivity contribution in [3.05, 3.63) is 109 Å². The number of benzene rings is 4. The third kappa shape index (κ3) is 2.75. The zero-order chi connectivity index (χ0) is 23.7. The van der Waals surface area contributed by atoms with Crippen LogP contribution in [0, 0.1) is 6.92 Å². The normalized spacial score (nSPS) is 13.8. The molecule has 3 heteroatoms. The van der Waals surface area contributed by atoms with E-state index < -0.39 is 13.3 Å². The van der Waals surface area contributed by atoms with Crippen molar-refractivity contribution >= 4 is 48.4 Å². The van der Waals surface area contributed by atoms with E-state index in [1.807, 2.05) is 0 Å². The Morgan fingerprint density at radius 3 is 2.06 bits per heavy atom. The second kappa shape index (κ2) is 7.43. The molecule has 0 bridgehead atoms. The molecule has 4 aromatic carbocycles. The summed E-state index contributed by atoms with van der Waals surface area (Å²) in [7, 11) is 2.10. The van der Waals surface area contributed by atoms with Crippen LogP contribution in [0.2, 0.25) is 5.76 Å². The summed E-state index contributed by atoms with van der Waals surface area (Å²) in [6.45, 7) is 2.18. The van der Waals surface area contributed by atoms with Crippen LogP contribution in [0.1, 0.15) is 5.56 Å². The molecule has 0 saturated carbocycles. The third-order valence-corrected chi connectivity index (χ3v) is 17.4. The first-order valence-electron chi connectivity index (χ1n) is 12.2. The maximum atomic E-state index is 6.71. The Hall–Kier alpha value is -3.63. The molecule has 0 unspecified atom stereocenters. The van der Waals surface area contributed by atoms with Gasteiger partial charge in [0, 0.05) is 0 Å². The number of aryl methyl sites for hydroxylation is 2.